The minimum absolute atomic E-state index is 0.0894. The summed E-state index contributed by atoms with van der Waals surface area (Å²) < 4.78 is 0. The molecule has 0 aliphatic rings. The van der Waals surface area contributed by atoms with Gasteiger partial charge in [-0.3, -0.25) is 4.79 Å². The van der Waals surface area contributed by atoms with Gasteiger partial charge in [0.15, 0.2) is 0 Å². The quantitative estimate of drug-likeness (QED) is 0.691. The van der Waals surface area contributed by atoms with Gasteiger partial charge in [0, 0.05) is 23.5 Å². The maximum absolute atomic E-state index is 12.2. The number of rotatable bonds is 6. The van der Waals surface area contributed by atoms with Gasteiger partial charge in [0.25, 0.3) is 5.91 Å². The van der Waals surface area contributed by atoms with Crippen LogP contribution in [0.2, 0.25) is 0 Å². The fraction of sp³-hybridized carbons (Fsp3) is 0.533. The molecule has 1 atom stereocenters. The molecule has 1 aromatic carbocycles. The summed E-state index contributed by atoms with van der Waals surface area (Å²) in [6.45, 7) is 8.14. The van der Waals surface area contributed by atoms with Crippen molar-refractivity contribution in [3.63, 3.8) is 0 Å². The minimum Gasteiger partial charge on any atom is -0.399 e. The zero-order chi connectivity index (χ0) is 14.4. The first-order valence-corrected chi connectivity index (χ1v) is 6.91. The molecule has 0 saturated heterocycles. The zero-order valence-electron chi connectivity index (χ0n) is 12.3. The molecule has 4 N–H and O–H groups in total. The Hall–Kier alpha value is -1.71. The molecule has 1 amide bonds. The summed E-state index contributed by atoms with van der Waals surface area (Å²) in [6, 6.07) is 5.84. The van der Waals surface area contributed by atoms with E-state index in [0.29, 0.717) is 17.3 Å². The zero-order valence-corrected chi connectivity index (χ0v) is 12.3. The number of carbonyl (C=O) groups is 1. The van der Waals surface area contributed by atoms with Gasteiger partial charge in [-0.2, -0.15) is 0 Å². The first-order valence-electron chi connectivity index (χ1n) is 6.91. The number of anilines is 2. The summed E-state index contributed by atoms with van der Waals surface area (Å²) in [5.74, 6) is -0.0894. The molecular formula is C15H25N3O. The van der Waals surface area contributed by atoms with Gasteiger partial charge >= 0.3 is 0 Å². The molecule has 19 heavy (non-hydrogen) atoms. The van der Waals surface area contributed by atoms with Gasteiger partial charge < -0.3 is 16.4 Å². The lowest BCUT2D eigenvalue weighted by atomic mass is 10.1. The fourth-order valence-electron chi connectivity index (χ4n) is 1.99. The average Bonchev–Trinajstić information content (AvgIpc) is 2.30. The van der Waals surface area contributed by atoms with Gasteiger partial charge in [-0.05, 0) is 45.4 Å². The maximum Gasteiger partial charge on any atom is 0.253 e. The molecule has 1 aromatic rings. The highest BCUT2D eigenvalue weighted by Crippen LogP contribution is 2.20. The molecule has 0 heterocycles. The predicted octanol–water partition coefficient (Wildman–Crippen LogP) is 3.01. The molecule has 0 radical (unpaired) electrons. The van der Waals surface area contributed by atoms with Gasteiger partial charge in [0.05, 0.1) is 5.56 Å². The van der Waals surface area contributed by atoms with E-state index >= 15 is 0 Å². The number of nitrogens with two attached hydrogens (primary N) is 1. The second-order valence-corrected chi connectivity index (χ2v) is 5.27. The van der Waals surface area contributed by atoms with Gasteiger partial charge in [-0.1, -0.05) is 13.3 Å². The highest BCUT2D eigenvalue weighted by atomic mass is 16.1. The highest BCUT2D eigenvalue weighted by Gasteiger charge is 2.14. The molecule has 4 nitrogen and oxygen atoms in total. The molecule has 0 fully saturated rings. The molecule has 0 unspecified atom stereocenters. The third kappa shape index (κ3) is 4.81. The lowest BCUT2D eigenvalue weighted by molar-refractivity contribution is 0.0944. The largest absolute Gasteiger partial charge is 0.399 e. The molecule has 106 valence electrons. The smallest absolute Gasteiger partial charge is 0.253 e. The van der Waals surface area contributed by atoms with Crippen molar-refractivity contribution in [3.05, 3.63) is 23.8 Å². The van der Waals surface area contributed by atoms with Crippen molar-refractivity contribution in [3.8, 4) is 0 Å². The minimum atomic E-state index is -0.0894. The van der Waals surface area contributed by atoms with Crippen LogP contribution in [0.25, 0.3) is 0 Å². The monoisotopic (exact) mass is 263 g/mol. The summed E-state index contributed by atoms with van der Waals surface area (Å²) in [6.07, 6.45) is 2.17. The van der Waals surface area contributed by atoms with Crippen LogP contribution >= 0.6 is 0 Å². The van der Waals surface area contributed by atoms with E-state index in [0.717, 1.165) is 18.5 Å². The van der Waals surface area contributed by atoms with Crippen molar-refractivity contribution in [1.82, 2.24) is 5.32 Å². The lowest BCUT2D eigenvalue weighted by Gasteiger charge is -2.18. The Morgan fingerprint density at radius 3 is 2.58 bits per heavy atom. The summed E-state index contributed by atoms with van der Waals surface area (Å²) in [7, 11) is 0. The average molecular weight is 263 g/mol. The summed E-state index contributed by atoms with van der Waals surface area (Å²) in [5, 5.41) is 6.27. The van der Waals surface area contributed by atoms with Crippen LogP contribution in [0.4, 0.5) is 11.4 Å². The van der Waals surface area contributed by atoms with Crippen molar-refractivity contribution in [2.75, 3.05) is 11.1 Å². The van der Waals surface area contributed by atoms with E-state index in [9.17, 15) is 4.79 Å². The third-order valence-corrected chi connectivity index (χ3v) is 2.83. The van der Waals surface area contributed by atoms with E-state index in [-0.39, 0.29) is 11.9 Å². The van der Waals surface area contributed by atoms with Crippen LogP contribution in [0.15, 0.2) is 18.2 Å². The normalized spacial score (nSPS) is 12.3. The fourth-order valence-corrected chi connectivity index (χ4v) is 1.99. The first kappa shape index (κ1) is 15.3. The van der Waals surface area contributed by atoms with Gasteiger partial charge in [-0.25, -0.2) is 0 Å². The topological polar surface area (TPSA) is 67.1 Å². The summed E-state index contributed by atoms with van der Waals surface area (Å²) in [5.41, 5.74) is 7.83. The SMILES string of the molecule is CCC[C@@H](C)Nc1ccc(N)cc1C(=O)NC(C)C. The Labute approximate surface area is 115 Å². The van der Waals surface area contributed by atoms with E-state index in [4.69, 9.17) is 5.73 Å². The molecule has 0 bridgehead atoms. The van der Waals surface area contributed by atoms with Crippen molar-refractivity contribution in [2.45, 2.75) is 52.6 Å². The number of hydrogen-bond acceptors (Lipinski definition) is 3. The van der Waals surface area contributed by atoms with Crippen LogP contribution in [0.3, 0.4) is 0 Å². The van der Waals surface area contributed by atoms with Crippen LogP contribution in [-0.4, -0.2) is 18.0 Å². The molecular weight excluding hydrogens is 238 g/mol. The molecule has 0 aliphatic heterocycles. The van der Waals surface area contributed by atoms with Crippen LogP contribution in [0.5, 0.6) is 0 Å². The number of amides is 1. The van der Waals surface area contributed by atoms with Crippen molar-refractivity contribution >= 4 is 17.3 Å². The summed E-state index contributed by atoms with van der Waals surface area (Å²) >= 11 is 0. The Kier molecular flexibility index (Phi) is 5.67. The Bertz CT molecular complexity index is 429. The third-order valence-electron chi connectivity index (χ3n) is 2.83. The molecule has 4 heteroatoms. The Balaban J connectivity index is 2.94. The second kappa shape index (κ2) is 7.02. The Morgan fingerprint density at radius 2 is 2.00 bits per heavy atom. The molecule has 0 aliphatic carbocycles. The van der Waals surface area contributed by atoms with E-state index in [1.165, 1.54) is 0 Å². The van der Waals surface area contributed by atoms with Crippen molar-refractivity contribution in [1.29, 1.82) is 0 Å². The second-order valence-electron chi connectivity index (χ2n) is 5.27. The summed E-state index contributed by atoms with van der Waals surface area (Å²) in [4.78, 5) is 12.2. The van der Waals surface area contributed by atoms with Gasteiger partial charge in [0.1, 0.15) is 0 Å². The lowest BCUT2D eigenvalue weighted by Crippen LogP contribution is -2.31. The maximum atomic E-state index is 12.2. The van der Waals surface area contributed by atoms with E-state index < -0.39 is 0 Å². The Morgan fingerprint density at radius 1 is 1.32 bits per heavy atom. The number of carbonyl (C=O) groups excluding carboxylic acids is 1. The van der Waals surface area contributed by atoms with Crippen LogP contribution in [0.1, 0.15) is 50.9 Å². The molecule has 0 spiro atoms. The van der Waals surface area contributed by atoms with Crippen LogP contribution in [0, 0.1) is 0 Å². The van der Waals surface area contributed by atoms with Crippen LogP contribution < -0.4 is 16.4 Å². The van der Waals surface area contributed by atoms with Crippen molar-refractivity contribution in [2.24, 2.45) is 0 Å². The standard InChI is InChI=1S/C15H25N3O/c1-5-6-11(4)18-14-8-7-12(16)9-13(14)15(19)17-10(2)3/h7-11,18H,5-6,16H2,1-4H3,(H,17,19)/t11-/m1/s1. The molecule has 0 aromatic heterocycles. The number of nitrogen functional groups attached to an aromatic ring is 1. The number of hydrogen-bond donors (Lipinski definition) is 3. The van der Waals surface area contributed by atoms with E-state index in [1.807, 2.05) is 26.0 Å². The van der Waals surface area contributed by atoms with E-state index in [2.05, 4.69) is 24.5 Å². The van der Waals surface area contributed by atoms with E-state index in [1.54, 1.807) is 6.07 Å². The highest BCUT2D eigenvalue weighted by molar-refractivity contribution is 6.00. The van der Waals surface area contributed by atoms with Gasteiger partial charge in [0.2, 0.25) is 0 Å². The molecule has 0 saturated carbocycles. The predicted molar refractivity (Wildman–Crippen MR) is 81.4 cm³/mol. The van der Waals surface area contributed by atoms with Gasteiger partial charge in [-0.15, -0.1) is 0 Å². The number of nitrogens with one attached hydrogen (secondary N) is 2. The van der Waals surface area contributed by atoms with Crippen LogP contribution in [-0.2, 0) is 0 Å². The van der Waals surface area contributed by atoms with Crippen molar-refractivity contribution < 1.29 is 4.79 Å². The first-order chi connectivity index (χ1) is 8.93. The number of benzene rings is 1. The molecule has 1 rings (SSSR count).